The lowest BCUT2D eigenvalue weighted by atomic mass is 9.99. The molecule has 0 saturated heterocycles. The fraction of sp³-hybridized carbons (Fsp3) is 0.348. The molecule has 1 atom stereocenters. The Morgan fingerprint density at radius 3 is 2.14 bits per heavy atom. The van der Waals surface area contributed by atoms with Crippen LogP contribution in [0.4, 0.5) is 0 Å². The molecule has 0 heterocycles. The molecular weight excluding hydrogens is 352 g/mol. The second-order valence-corrected chi connectivity index (χ2v) is 7.47. The zero-order valence-electron chi connectivity index (χ0n) is 15.9. The Labute approximate surface area is 165 Å². The lowest BCUT2D eigenvalue weighted by Crippen LogP contribution is -2.46. The van der Waals surface area contributed by atoms with E-state index in [0.29, 0.717) is 29.9 Å². The van der Waals surface area contributed by atoms with E-state index in [0.717, 1.165) is 18.4 Å². The molecule has 3 rings (SSSR count). The van der Waals surface area contributed by atoms with Gasteiger partial charge in [-0.3, -0.25) is 14.4 Å². The summed E-state index contributed by atoms with van der Waals surface area (Å²) >= 11 is 0. The molecule has 0 unspecified atom stereocenters. The lowest BCUT2D eigenvalue weighted by Gasteiger charge is -2.17. The van der Waals surface area contributed by atoms with Gasteiger partial charge in [-0.25, -0.2) is 0 Å². The molecule has 3 N–H and O–H groups in total. The number of benzene rings is 2. The highest BCUT2D eigenvalue weighted by Crippen LogP contribution is 2.27. The van der Waals surface area contributed by atoms with E-state index in [1.54, 1.807) is 36.4 Å². The van der Waals surface area contributed by atoms with Gasteiger partial charge < -0.3 is 11.1 Å². The molecule has 2 amide bonds. The molecule has 146 valence electrons. The van der Waals surface area contributed by atoms with Crippen molar-refractivity contribution < 1.29 is 14.4 Å². The largest absolute Gasteiger partial charge is 0.368 e. The van der Waals surface area contributed by atoms with Gasteiger partial charge in [0.1, 0.15) is 6.04 Å². The van der Waals surface area contributed by atoms with Gasteiger partial charge in [-0.1, -0.05) is 67.4 Å². The summed E-state index contributed by atoms with van der Waals surface area (Å²) in [6.45, 7) is 0. The number of carbonyl (C=O) groups excluding carboxylic acids is 3. The molecule has 1 aliphatic carbocycles. The maximum absolute atomic E-state index is 12.5. The van der Waals surface area contributed by atoms with Crippen molar-refractivity contribution in [3.63, 3.8) is 0 Å². The van der Waals surface area contributed by atoms with Crippen LogP contribution in [0.25, 0.3) is 0 Å². The summed E-state index contributed by atoms with van der Waals surface area (Å²) in [5, 5.41) is 2.77. The fourth-order valence-electron chi connectivity index (χ4n) is 3.74. The van der Waals surface area contributed by atoms with Crippen LogP contribution >= 0.6 is 0 Å². The third-order valence-electron chi connectivity index (χ3n) is 5.32. The van der Waals surface area contributed by atoms with Gasteiger partial charge in [-0.05, 0) is 24.3 Å². The van der Waals surface area contributed by atoms with Crippen LogP contribution in [0.3, 0.4) is 0 Å². The number of carbonyl (C=O) groups is 3. The number of nitrogens with two attached hydrogens (primary N) is 1. The van der Waals surface area contributed by atoms with Gasteiger partial charge in [-0.15, -0.1) is 0 Å². The zero-order chi connectivity index (χ0) is 19.9. The van der Waals surface area contributed by atoms with E-state index in [4.69, 9.17) is 5.73 Å². The van der Waals surface area contributed by atoms with Crippen LogP contribution in [-0.2, 0) is 16.0 Å². The van der Waals surface area contributed by atoms with Crippen molar-refractivity contribution in [3.05, 3.63) is 71.3 Å². The number of amides is 2. The number of primary amides is 1. The van der Waals surface area contributed by atoms with Gasteiger partial charge in [0.2, 0.25) is 11.8 Å². The van der Waals surface area contributed by atoms with Crippen molar-refractivity contribution in [2.24, 2.45) is 11.7 Å². The van der Waals surface area contributed by atoms with Gasteiger partial charge in [0.25, 0.3) is 0 Å². The summed E-state index contributed by atoms with van der Waals surface area (Å²) in [5.41, 5.74) is 7.54. The normalized spacial score (nSPS) is 15.1. The smallest absolute Gasteiger partial charge is 0.240 e. The van der Waals surface area contributed by atoms with Crippen molar-refractivity contribution in [2.45, 2.75) is 44.6 Å². The molecule has 2 aromatic rings. The van der Waals surface area contributed by atoms with Gasteiger partial charge >= 0.3 is 0 Å². The predicted octanol–water partition coefficient (Wildman–Crippen LogP) is 3.01. The molecule has 5 nitrogen and oxygen atoms in total. The summed E-state index contributed by atoms with van der Waals surface area (Å²) in [7, 11) is 0. The average Bonchev–Trinajstić information content (AvgIpc) is 3.21. The predicted molar refractivity (Wildman–Crippen MR) is 108 cm³/mol. The van der Waals surface area contributed by atoms with Gasteiger partial charge in [0.15, 0.2) is 5.78 Å². The Bertz CT molecular complexity index is 825. The van der Waals surface area contributed by atoms with Gasteiger partial charge in [0, 0.05) is 24.0 Å². The van der Waals surface area contributed by atoms with Crippen LogP contribution in [-0.4, -0.2) is 23.6 Å². The molecule has 2 aromatic carbocycles. The maximum Gasteiger partial charge on any atom is 0.240 e. The average molecular weight is 378 g/mol. The summed E-state index contributed by atoms with van der Waals surface area (Å²) < 4.78 is 0. The van der Waals surface area contributed by atoms with Crippen molar-refractivity contribution in [3.8, 4) is 0 Å². The van der Waals surface area contributed by atoms with Crippen LogP contribution in [0, 0.1) is 5.92 Å². The molecule has 0 bridgehead atoms. The highest BCUT2D eigenvalue weighted by Gasteiger charge is 2.23. The number of hydrogen-bond donors (Lipinski definition) is 2. The Balaban J connectivity index is 1.61. The first-order valence-electron chi connectivity index (χ1n) is 9.80. The lowest BCUT2D eigenvalue weighted by molar-refractivity contribution is -0.127. The highest BCUT2D eigenvalue weighted by atomic mass is 16.2. The molecule has 1 fully saturated rings. The third kappa shape index (κ3) is 5.28. The number of rotatable bonds is 8. The van der Waals surface area contributed by atoms with Gasteiger partial charge in [0.05, 0.1) is 0 Å². The van der Waals surface area contributed by atoms with Crippen LogP contribution < -0.4 is 11.1 Å². The monoisotopic (exact) mass is 378 g/mol. The van der Waals surface area contributed by atoms with E-state index in [-0.39, 0.29) is 11.7 Å². The molecule has 0 aliphatic heterocycles. The first-order valence-corrected chi connectivity index (χ1v) is 9.80. The summed E-state index contributed by atoms with van der Waals surface area (Å²) in [6.07, 6.45) is 5.26. The third-order valence-corrected chi connectivity index (χ3v) is 5.32. The van der Waals surface area contributed by atoms with E-state index < -0.39 is 11.9 Å². The fourth-order valence-corrected chi connectivity index (χ4v) is 3.74. The number of nitrogens with one attached hydrogen (secondary N) is 1. The van der Waals surface area contributed by atoms with Crippen molar-refractivity contribution >= 4 is 17.6 Å². The molecule has 28 heavy (non-hydrogen) atoms. The molecule has 0 radical (unpaired) electrons. The summed E-state index contributed by atoms with van der Waals surface area (Å²) in [6, 6.07) is 15.4. The van der Waals surface area contributed by atoms with Crippen LogP contribution in [0.15, 0.2) is 54.6 Å². The molecule has 0 aromatic heterocycles. The molecule has 0 spiro atoms. The van der Waals surface area contributed by atoms with Gasteiger partial charge in [-0.2, -0.15) is 0 Å². The number of hydrogen-bond acceptors (Lipinski definition) is 3. The topological polar surface area (TPSA) is 89.3 Å². The Morgan fingerprint density at radius 1 is 0.929 bits per heavy atom. The number of ketones is 1. The van der Waals surface area contributed by atoms with Crippen molar-refractivity contribution in [2.75, 3.05) is 0 Å². The quantitative estimate of drug-likeness (QED) is 0.692. The highest BCUT2D eigenvalue weighted by molar-refractivity contribution is 6.08. The molecule has 5 heteroatoms. The van der Waals surface area contributed by atoms with E-state index in [1.807, 2.05) is 18.2 Å². The molecular formula is C23H26N2O3. The minimum absolute atomic E-state index is 0.0523. The van der Waals surface area contributed by atoms with Crippen LogP contribution in [0.2, 0.25) is 0 Å². The minimum Gasteiger partial charge on any atom is -0.368 e. The second-order valence-electron chi connectivity index (χ2n) is 7.47. The van der Waals surface area contributed by atoms with E-state index in [9.17, 15) is 14.4 Å². The van der Waals surface area contributed by atoms with Crippen molar-refractivity contribution in [1.29, 1.82) is 0 Å². The van der Waals surface area contributed by atoms with Crippen LogP contribution in [0.1, 0.15) is 53.6 Å². The Morgan fingerprint density at radius 2 is 1.54 bits per heavy atom. The minimum atomic E-state index is -0.746. The summed E-state index contributed by atoms with van der Waals surface area (Å²) in [5.74, 6) is -0.309. The van der Waals surface area contributed by atoms with Crippen LogP contribution in [0.5, 0.6) is 0 Å². The molecule has 1 saturated carbocycles. The van der Waals surface area contributed by atoms with E-state index >= 15 is 0 Å². The standard InChI is InChI=1S/C23H26N2O3/c24-23(28)20(25-21(26)15-16-6-4-5-7-16)14-17-10-12-19(13-11-17)22(27)18-8-2-1-3-9-18/h1-3,8-13,16,20H,4-7,14-15H2,(H2,24,28)(H,25,26)/t20-/m1/s1. The Hall–Kier alpha value is -2.95. The van der Waals surface area contributed by atoms with Crippen molar-refractivity contribution in [1.82, 2.24) is 5.32 Å². The maximum atomic E-state index is 12.5. The zero-order valence-corrected chi connectivity index (χ0v) is 15.9. The van der Waals surface area contributed by atoms with E-state index in [2.05, 4.69) is 5.32 Å². The van der Waals surface area contributed by atoms with E-state index in [1.165, 1.54) is 12.8 Å². The summed E-state index contributed by atoms with van der Waals surface area (Å²) in [4.78, 5) is 36.5. The second kappa shape index (κ2) is 9.31. The first kappa shape index (κ1) is 19.8. The first-order chi connectivity index (χ1) is 13.5. The molecule has 1 aliphatic rings. The SMILES string of the molecule is NC(=O)[C@@H](Cc1ccc(C(=O)c2ccccc2)cc1)NC(=O)CC1CCCC1. The Kier molecular flexibility index (Phi) is 6.58.